The first-order valence-corrected chi connectivity index (χ1v) is 21.4. The molecule has 0 atom stereocenters. The Morgan fingerprint density at radius 3 is 1.18 bits per heavy atom. The van der Waals surface area contributed by atoms with Crippen LogP contribution in [0.15, 0.2) is 261 Å². The van der Waals surface area contributed by atoms with E-state index in [0.717, 1.165) is 17.1 Å². The maximum Gasteiger partial charge on any atom is 0.0720 e. The zero-order valence-electron chi connectivity index (χ0n) is 34.3. The molecule has 0 saturated carbocycles. The Hall–Kier alpha value is -8.00. The maximum atomic E-state index is 2.49. The lowest BCUT2D eigenvalue weighted by Crippen LogP contribution is -2.29. The molecule has 10 aromatic carbocycles. The van der Waals surface area contributed by atoms with Crippen molar-refractivity contribution in [1.29, 1.82) is 0 Å². The highest BCUT2D eigenvalue weighted by Gasteiger charge is 2.48. The van der Waals surface area contributed by atoms with E-state index in [-0.39, 0.29) is 0 Å². The lowest BCUT2D eigenvalue weighted by atomic mass is 9.66. The highest BCUT2D eigenvalue weighted by atomic mass is 15.1. The van der Waals surface area contributed by atoms with Crippen LogP contribution in [-0.2, 0) is 5.41 Å². The summed E-state index contributed by atoms with van der Waals surface area (Å²) in [6.07, 6.45) is 0. The van der Waals surface area contributed by atoms with Gasteiger partial charge in [0.25, 0.3) is 0 Å². The second-order valence-corrected chi connectivity index (χ2v) is 16.0. The van der Waals surface area contributed by atoms with Gasteiger partial charge in [0.2, 0.25) is 0 Å². The molecule has 0 bridgehead atoms. The topological polar surface area (TPSA) is 3.24 Å². The average Bonchev–Trinajstić information content (AvgIpc) is 3.66. The zero-order valence-corrected chi connectivity index (χ0v) is 34.3. The molecule has 10 aromatic rings. The number of hydrogen-bond donors (Lipinski definition) is 0. The Morgan fingerprint density at radius 1 is 0.258 bits per heavy atom. The van der Waals surface area contributed by atoms with Crippen LogP contribution < -0.4 is 4.90 Å². The van der Waals surface area contributed by atoms with E-state index in [0.29, 0.717) is 0 Å². The van der Waals surface area contributed by atoms with Crippen molar-refractivity contribution in [3.63, 3.8) is 0 Å². The van der Waals surface area contributed by atoms with Gasteiger partial charge in [0.05, 0.1) is 16.8 Å². The first-order chi connectivity index (χ1) is 30.8. The van der Waals surface area contributed by atoms with Crippen LogP contribution in [0.3, 0.4) is 0 Å². The van der Waals surface area contributed by atoms with Gasteiger partial charge in [-0.25, -0.2) is 0 Å². The third-order valence-corrected chi connectivity index (χ3v) is 12.6. The van der Waals surface area contributed by atoms with Crippen molar-refractivity contribution in [3.05, 3.63) is 283 Å². The van der Waals surface area contributed by atoms with Gasteiger partial charge in [-0.05, 0) is 91.0 Å². The fraction of sp³-hybridized carbons (Fsp3) is 0.0164. The molecule has 1 aliphatic carbocycles. The molecule has 0 spiro atoms. The highest BCUT2D eigenvalue weighted by molar-refractivity contribution is 5.97. The Balaban J connectivity index is 1.20. The predicted molar refractivity (Wildman–Crippen MR) is 260 cm³/mol. The van der Waals surface area contributed by atoms with E-state index in [4.69, 9.17) is 0 Å². The summed E-state index contributed by atoms with van der Waals surface area (Å²) in [4.78, 5) is 2.48. The van der Waals surface area contributed by atoms with Crippen molar-refractivity contribution < 1.29 is 0 Å². The molecule has 0 amide bonds. The van der Waals surface area contributed by atoms with Gasteiger partial charge in [-0.2, -0.15) is 0 Å². The summed E-state index contributed by atoms with van der Waals surface area (Å²) in [6.45, 7) is 0. The second-order valence-electron chi connectivity index (χ2n) is 16.0. The fourth-order valence-electron chi connectivity index (χ4n) is 9.86. The molecular weight excluding hydrogens is 747 g/mol. The SMILES string of the molecule is c1ccc(-c2ccc(-c3cccc4c3C(c3ccccc3)(c3ccccc3)c3cc(N(c5ccccc5-c5ccccc5)c5ccccc5-c5ccccc5)ccc3-4)cc2)cc1. The zero-order chi connectivity index (χ0) is 41.3. The van der Waals surface area contributed by atoms with E-state index in [1.807, 2.05) is 0 Å². The molecule has 11 rings (SSSR count). The van der Waals surface area contributed by atoms with Gasteiger partial charge < -0.3 is 4.90 Å². The molecule has 0 aliphatic heterocycles. The first-order valence-electron chi connectivity index (χ1n) is 21.4. The summed E-state index contributed by atoms with van der Waals surface area (Å²) in [6, 6.07) is 95.4. The van der Waals surface area contributed by atoms with E-state index < -0.39 is 5.41 Å². The summed E-state index contributed by atoms with van der Waals surface area (Å²) in [7, 11) is 0. The molecule has 0 heterocycles. The summed E-state index contributed by atoms with van der Waals surface area (Å²) in [5.41, 5.74) is 19.7. The van der Waals surface area contributed by atoms with E-state index in [2.05, 4.69) is 266 Å². The number of para-hydroxylation sites is 2. The minimum Gasteiger partial charge on any atom is -0.309 e. The average molecular weight is 790 g/mol. The van der Waals surface area contributed by atoms with Gasteiger partial charge in [0.1, 0.15) is 0 Å². The van der Waals surface area contributed by atoms with Crippen LogP contribution in [0.5, 0.6) is 0 Å². The van der Waals surface area contributed by atoms with Crippen molar-refractivity contribution in [3.8, 4) is 55.6 Å². The van der Waals surface area contributed by atoms with Gasteiger partial charge in [0.15, 0.2) is 0 Å². The molecule has 0 N–H and O–H groups in total. The Morgan fingerprint density at radius 2 is 0.645 bits per heavy atom. The lowest BCUT2D eigenvalue weighted by Gasteiger charge is -2.36. The van der Waals surface area contributed by atoms with Crippen molar-refractivity contribution in [2.45, 2.75) is 5.41 Å². The third kappa shape index (κ3) is 6.26. The van der Waals surface area contributed by atoms with Crippen molar-refractivity contribution in [2.24, 2.45) is 0 Å². The number of benzene rings is 10. The minimum absolute atomic E-state index is 0.637. The van der Waals surface area contributed by atoms with Gasteiger partial charge in [-0.1, -0.05) is 237 Å². The highest BCUT2D eigenvalue weighted by Crippen LogP contribution is 2.60. The van der Waals surface area contributed by atoms with Gasteiger partial charge >= 0.3 is 0 Å². The maximum absolute atomic E-state index is 2.49. The van der Waals surface area contributed by atoms with E-state index in [9.17, 15) is 0 Å². The van der Waals surface area contributed by atoms with Crippen molar-refractivity contribution in [2.75, 3.05) is 4.90 Å². The molecule has 292 valence electrons. The van der Waals surface area contributed by atoms with Crippen molar-refractivity contribution in [1.82, 2.24) is 0 Å². The predicted octanol–water partition coefficient (Wildman–Crippen LogP) is 16.2. The van der Waals surface area contributed by atoms with E-state index in [1.54, 1.807) is 0 Å². The summed E-state index contributed by atoms with van der Waals surface area (Å²) in [5.74, 6) is 0. The lowest BCUT2D eigenvalue weighted by molar-refractivity contribution is 0.770. The van der Waals surface area contributed by atoms with Gasteiger partial charge in [-0.15, -0.1) is 0 Å². The fourth-order valence-corrected chi connectivity index (χ4v) is 9.86. The number of fused-ring (bicyclic) bond motifs is 3. The number of hydrogen-bond acceptors (Lipinski definition) is 1. The molecule has 0 unspecified atom stereocenters. The van der Waals surface area contributed by atoms with Gasteiger partial charge in [-0.3, -0.25) is 0 Å². The summed E-state index contributed by atoms with van der Waals surface area (Å²) >= 11 is 0. The molecule has 0 fully saturated rings. The second kappa shape index (κ2) is 15.9. The quantitative estimate of drug-likeness (QED) is 0.141. The van der Waals surface area contributed by atoms with Crippen molar-refractivity contribution >= 4 is 17.1 Å². The Kier molecular flexibility index (Phi) is 9.48. The normalized spacial score (nSPS) is 12.3. The van der Waals surface area contributed by atoms with Crippen LogP contribution in [0.25, 0.3) is 55.6 Å². The Labute approximate surface area is 364 Å². The Bertz CT molecular complexity index is 3020. The molecule has 62 heavy (non-hydrogen) atoms. The molecule has 0 saturated heterocycles. The van der Waals surface area contributed by atoms with E-state index in [1.165, 1.54) is 77.9 Å². The number of anilines is 3. The minimum atomic E-state index is -0.637. The molecule has 1 aliphatic rings. The van der Waals surface area contributed by atoms with Crippen LogP contribution in [-0.4, -0.2) is 0 Å². The summed E-state index contributed by atoms with van der Waals surface area (Å²) in [5, 5.41) is 0. The van der Waals surface area contributed by atoms with Crippen LogP contribution in [0.4, 0.5) is 17.1 Å². The monoisotopic (exact) mass is 789 g/mol. The molecule has 0 radical (unpaired) electrons. The molecule has 1 heteroatoms. The third-order valence-electron chi connectivity index (χ3n) is 12.6. The van der Waals surface area contributed by atoms with Gasteiger partial charge in [0, 0.05) is 16.8 Å². The molecular formula is C61H43N. The van der Waals surface area contributed by atoms with E-state index >= 15 is 0 Å². The van der Waals surface area contributed by atoms with Crippen LogP contribution in [0.2, 0.25) is 0 Å². The van der Waals surface area contributed by atoms with Crippen LogP contribution in [0.1, 0.15) is 22.3 Å². The van der Waals surface area contributed by atoms with Crippen LogP contribution >= 0.6 is 0 Å². The number of nitrogens with zero attached hydrogens (tertiary/aromatic N) is 1. The smallest absolute Gasteiger partial charge is 0.0720 e. The summed E-state index contributed by atoms with van der Waals surface area (Å²) < 4.78 is 0. The standard InChI is InChI=1S/C61H43N/c1-6-21-44(22-7-1)45-37-39-48(40-38-45)54-33-20-34-56-55-42-41-51(43-57(55)61(60(54)56,49-27-12-4-13-28-49)50-29-14-5-15-30-50)62(58-35-18-16-31-52(58)46-23-8-2-9-24-46)59-36-19-17-32-53(59)47-25-10-3-11-26-47/h1-43H. The first kappa shape index (κ1) is 37.0. The van der Waals surface area contributed by atoms with Crippen LogP contribution in [0, 0.1) is 0 Å². The molecule has 1 nitrogen and oxygen atoms in total. The molecule has 0 aromatic heterocycles. The number of rotatable bonds is 9. The largest absolute Gasteiger partial charge is 0.309 e.